The van der Waals surface area contributed by atoms with Crippen molar-refractivity contribution in [1.29, 1.82) is 0 Å². The Balaban J connectivity index is 0.000000218. The number of ketones is 2. The fourth-order valence-electron chi connectivity index (χ4n) is 8.10. The number of ether oxygens (including phenoxy) is 5. The molecule has 4 aromatic carbocycles. The maximum Gasteiger partial charge on any atom is 0.407 e. The highest BCUT2D eigenvalue weighted by Crippen LogP contribution is 2.30. The van der Waals surface area contributed by atoms with E-state index in [4.69, 9.17) is 39.4 Å². The van der Waals surface area contributed by atoms with Crippen LogP contribution in [0.5, 0.6) is 23.0 Å². The molecule has 0 aliphatic heterocycles. The first kappa shape index (κ1) is 52.7. The van der Waals surface area contributed by atoms with Crippen LogP contribution in [0.3, 0.4) is 0 Å². The second-order valence-corrected chi connectivity index (χ2v) is 18.5. The Morgan fingerprint density at radius 1 is 0.603 bits per heavy atom. The highest BCUT2D eigenvalue weighted by Gasteiger charge is 2.18. The summed E-state index contributed by atoms with van der Waals surface area (Å²) in [5.74, 6) is 2.02. The lowest BCUT2D eigenvalue weighted by molar-refractivity contribution is 0.0520. The van der Waals surface area contributed by atoms with Crippen LogP contribution in [-0.2, 0) is 30.4 Å². The number of pyridine rings is 2. The summed E-state index contributed by atoms with van der Waals surface area (Å²) in [6.07, 6.45) is 1.66. The third-order valence-corrected chi connectivity index (χ3v) is 11.9. The zero-order valence-electron chi connectivity index (χ0n) is 43.0. The van der Waals surface area contributed by atoms with E-state index in [2.05, 4.69) is 45.6 Å². The number of Topliss-reactive ketones (excluding diaryl/α,β-unsaturated/α-hetero) is 2. The van der Waals surface area contributed by atoms with Gasteiger partial charge in [-0.3, -0.25) is 19.8 Å². The molecule has 4 heterocycles. The lowest BCUT2D eigenvalue weighted by atomic mass is 9.97. The number of benzene rings is 4. The lowest BCUT2D eigenvalue weighted by Crippen LogP contribution is -2.34. The summed E-state index contributed by atoms with van der Waals surface area (Å²) in [5, 5.41) is 19.5. The van der Waals surface area contributed by atoms with Crippen molar-refractivity contribution >= 4 is 39.7 Å². The molecule has 0 atom stereocenters. The number of carbonyl (C=O) groups is 3. The maximum atomic E-state index is 13.3. The molecule has 5 N–H and O–H groups in total. The third kappa shape index (κ3) is 13.7. The number of H-pyrrole nitrogens is 2. The summed E-state index contributed by atoms with van der Waals surface area (Å²) >= 11 is 0. The fraction of sp³-hybridized carbons (Fsp3) is 0.316. The van der Waals surface area contributed by atoms with Crippen LogP contribution in [0, 0.1) is 13.8 Å². The number of hydrogen-bond donors (Lipinski definition) is 4. The Kier molecular flexibility index (Phi) is 17.2. The van der Waals surface area contributed by atoms with Crippen LogP contribution < -0.4 is 30.0 Å². The maximum absolute atomic E-state index is 13.3. The summed E-state index contributed by atoms with van der Waals surface area (Å²) in [6, 6.07) is 30.4. The van der Waals surface area contributed by atoms with Crippen LogP contribution in [-0.4, -0.2) is 94.1 Å². The number of amides is 1. The van der Waals surface area contributed by atoms with Gasteiger partial charge < -0.3 is 34.7 Å². The van der Waals surface area contributed by atoms with Gasteiger partial charge in [-0.2, -0.15) is 10.2 Å². The number of aryl methyl sites for hydroxylation is 4. The Hall–Kier alpha value is -8.11. The van der Waals surface area contributed by atoms with E-state index in [0.717, 1.165) is 79.8 Å². The fourth-order valence-corrected chi connectivity index (χ4v) is 8.10. The number of alkyl carbamates (subject to hydrolysis) is 1. The number of nitrogens with one attached hydrogen (secondary N) is 3. The zero-order chi connectivity index (χ0) is 52.2. The van der Waals surface area contributed by atoms with Gasteiger partial charge in [0.05, 0.1) is 32.2 Å². The Labute approximate surface area is 425 Å². The number of rotatable bonds is 19. The monoisotopic (exact) mass is 988 g/mol. The van der Waals surface area contributed by atoms with Crippen LogP contribution in [0.15, 0.2) is 97.1 Å². The molecular formula is C57H64N8O8. The van der Waals surface area contributed by atoms with E-state index in [1.54, 1.807) is 64.3 Å². The first-order valence-corrected chi connectivity index (χ1v) is 24.3. The predicted octanol–water partition coefficient (Wildman–Crippen LogP) is 10.1. The van der Waals surface area contributed by atoms with Crippen LogP contribution in [0.25, 0.3) is 44.6 Å². The second-order valence-electron chi connectivity index (χ2n) is 18.5. The summed E-state index contributed by atoms with van der Waals surface area (Å²) in [4.78, 5) is 47.7. The number of aromatic nitrogens is 6. The molecule has 0 spiro atoms. The van der Waals surface area contributed by atoms with E-state index >= 15 is 0 Å². The van der Waals surface area contributed by atoms with Gasteiger partial charge in [-0.25, -0.2) is 14.8 Å². The quantitative estimate of drug-likeness (QED) is 0.0438. The SMILES string of the molecule is CCc1[nH]nc2nc(-c3cc(CC(=O)c4cc(OC)cc(OCCN)c4)ccc3C)ccc12.CCc1[nH]nc2nc(-c3cc(CC(=O)c4cc(OC)cc(OCCNC(=O)OC(C)(C)C)c4)ccc3C)ccc12. The summed E-state index contributed by atoms with van der Waals surface area (Å²) < 4.78 is 27.3. The molecule has 0 aliphatic rings. The summed E-state index contributed by atoms with van der Waals surface area (Å²) in [7, 11) is 3.10. The van der Waals surface area contributed by atoms with Crippen LogP contribution in [0.1, 0.15) is 89.0 Å². The Bertz CT molecular complexity index is 3250. The standard InChI is InChI=1S/C31H36N4O5.C26H28N4O3/c1-7-26-24-10-11-27(33-29(24)35-34-26)25-14-20(9-8-19(25)2)15-28(36)21-16-22(38-6)18-23(17-21)39-13-12-32-30(37)40-31(3,4)5;1-4-23-21-7-8-24(28-26(21)30-29-23)22-11-17(6-5-16(22)2)12-25(31)18-13-19(32-3)15-20(14-18)33-10-9-27/h8-11,14,16-18H,7,12-13,15H2,1-6H3,(H,32,37)(H,33,34,35);5-8,11,13-15H,4,9-10,12,27H2,1-3H3,(H,28,29,30). The van der Waals surface area contributed by atoms with E-state index < -0.39 is 11.7 Å². The van der Waals surface area contributed by atoms with Crippen molar-refractivity contribution < 1.29 is 38.1 Å². The average molecular weight is 989 g/mol. The van der Waals surface area contributed by atoms with Crippen molar-refractivity contribution in [2.24, 2.45) is 5.73 Å². The van der Waals surface area contributed by atoms with Gasteiger partial charge in [-0.1, -0.05) is 38.1 Å². The van der Waals surface area contributed by atoms with Gasteiger partial charge in [-0.15, -0.1) is 0 Å². The molecule has 0 bridgehead atoms. The van der Waals surface area contributed by atoms with Crippen molar-refractivity contribution in [3.63, 3.8) is 0 Å². The number of nitrogens with zero attached hydrogens (tertiary/aromatic N) is 4. The normalized spacial score (nSPS) is 11.2. The van der Waals surface area contributed by atoms with Gasteiger partial charge in [0.15, 0.2) is 22.9 Å². The van der Waals surface area contributed by atoms with Gasteiger partial charge in [0, 0.05) is 75.9 Å². The van der Waals surface area contributed by atoms with Crippen molar-refractivity contribution in [2.45, 2.75) is 79.8 Å². The summed E-state index contributed by atoms with van der Waals surface area (Å²) in [5.41, 5.74) is 17.0. The average Bonchev–Trinajstić information content (AvgIpc) is 4.00. The molecule has 73 heavy (non-hydrogen) atoms. The van der Waals surface area contributed by atoms with E-state index in [-0.39, 0.29) is 37.6 Å². The number of fused-ring (bicyclic) bond motifs is 2. The summed E-state index contributed by atoms with van der Waals surface area (Å²) in [6.45, 7) is 14.8. The zero-order valence-corrected chi connectivity index (χ0v) is 43.0. The molecule has 0 saturated carbocycles. The number of hydrogen-bond acceptors (Lipinski definition) is 13. The van der Waals surface area contributed by atoms with Crippen molar-refractivity contribution in [1.82, 2.24) is 35.7 Å². The first-order valence-electron chi connectivity index (χ1n) is 24.3. The van der Waals surface area contributed by atoms with Crippen LogP contribution in [0.2, 0.25) is 0 Å². The van der Waals surface area contributed by atoms with E-state index in [1.165, 1.54) is 7.11 Å². The predicted molar refractivity (Wildman–Crippen MR) is 283 cm³/mol. The number of carbonyl (C=O) groups excluding carboxylic acids is 3. The van der Waals surface area contributed by atoms with Gasteiger partial charge in [0.25, 0.3) is 0 Å². The smallest absolute Gasteiger partial charge is 0.407 e. The Morgan fingerprint density at radius 3 is 1.48 bits per heavy atom. The third-order valence-electron chi connectivity index (χ3n) is 11.9. The highest BCUT2D eigenvalue weighted by molar-refractivity contribution is 5.99. The van der Waals surface area contributed by atoms with E-state index in [0.29, 0.717) is 58.6 Å². The molecule has 0 unspecified atom stereocenters. The number of nitrogens with two attached hydrogens (primary N) is 1. The van der Waals surface area contributed by atoms with E-state index in [1.807, 2.05) is 68.4 Å². The van der Waals surface area contributed by atoms with Crippen molar-refractivity contribution in [3.05, 3.63) is 142 Å². The minimum atomic E-state index is -0.576. The molecule has 0 aliphatic carbocycles. The topological polar surface area (TPSA) is 219 Å². The second kappa shape index (κ2) is 23.9. The van der Waals surface area contributed by atoms with Crippen LogP contribution >= 0.6 is 0 Å². The van der Waals surface area contributed by atoms with Crippen LogP contribution in [0.4, 0.5) is 4.79 Å². The highest BCUT2D eigenvalue weighted by atomic mass is 16.6. The van der Waals surface area contributed by atoms with Crippen molar-refractivity contribution in [3.8, 4) is 45.5 Å². The minimum absolute atomic E-state index is 0.0235. The molecule has 380 valence electrons. The Morgan fingerprint density at radius 2 is 1.05 bits per heavy atom. The molecular weight excluding hydrogens is 925 g/mol. The van der Waals surface area contributed by atoms with Gasteiger partial charge >= 0.3 is 6.09 Å². The first-order chi connectivity index (χ1) is 35.1. The minimum Gasteiger partial charge on any atom is -0.497 e. The number of methoxy groups -OCH3 is 2. The van der Waals surface area contributed by atoms with E-state index in [9.17, 15) is 14.4 Å². The molecule has 1 amide bonds. The lowest BCUT2D eigenvalue weighted by Gasteiger charge is -2.19. The molecule has 0 fully saturated rings. The molecule has 16 heteroatoms. The molecule has 8 aromatic rings. The van der Waals surface area contributed by atoms with Gasteiger partial charge in [0.2, 0.25) is 0 Å². The largest absolute Gasteiger partial charge is 0.497 e. The van der Waals surface area contributed by atoms with Gasteiger partial charge in [-0.05, 0) is 130 Å². The molecule has 16 nitrogen and oxygen atoms in total. The molecule has 8 rings (SSSR count). The molecule has 0 radical (unpaired) electrons. The molecule has 4 aromatic heterocycles. The molecule has 0 saturated heterocycles. The van der Waals surface area contributed by atoms with Crippen molar-refractivity contribution in [2.75, 3.05) is 40.5 Å². The number of aromatic amines is 2. The van der Waals surface area contributed by atoms with Gasteiger partial charge in [0.1, 0.15) is 41.8 Å².